The maximum absolute atomic E-state index is 6.55. The average Bonchev–Trinajstić information content (AvgIpc) is 2.61. The Morgan fingerprint density at radius 2 is 2.08 bits per heavy atom. The first-order chi connectivity index (χ1) is 12.1. The van der Waals surface area contributed by atoms with Gasteiger partial charge in [0.05, 0.1) is 7.11 Å². The second-order valence-corrected chi connectivity index (χ2v) is 7.53. The number of methoxy groups -OCH3 is 1. The summed E-state index contributed by atoms with van der Waals surface area (Å²) in [6, 6.07) is 12.2. The van der Waals surface area contributed by atoms with Crippen LogP contribution in [0.25, 0.3) is 0 Å². The van der Waals surface area contributed by atoms with Gasteiger partial charge in [0.25, 0.3) is 0 Å². The fraction of sp³-hybridized carbons (Fsp3) is 0.350. The van der Waals surface area contributed by atoms with Crippen LogP contribution in [-0.2, 0) is 12.8 Å². The Morgan fingerprint density at radius 1 is 1.24 bits per heavy atom. The molecule has 3 rings (SSSR count). The zero-order valence-electron chi connectivity index (χ0n) is 14.6. The van der Waals surface area contributed by atoms with Gasteiger partial charge >= 0.3 is 0 Å². The van der Waals surface area contributed by atoms with E-state index in [9.17, 15) is 0 Å². The van der Waals surface area contributed by atoms with Crippen molar-refractivity contribution < 1.29 is 4.74 Å². The fourth-order valence-corrected chi connectivity index (χ4v) is 3.91. The van der Waals surface area contributed by atoms with Crippen molar-refractivity contribution in [2.75, 3.05) is 27.2 Å². The van der Waals surface area contributed by atoms with Gasteiger partial charge in [0, 0.05) is 35.2 Å². The summed E-state index contributed by atoms with van der Waals surface area (Å²) in [7, 11) is 3.80. The van der Waals surface area contributed by atoms with E-state index in [2.05, 4.69) is 40.0 Å². The van der Waals surface area contributed by atoms with Crippen LogP contribution in [-0.4, -0.2) is 38.0 Å². The molecule has 0 spiro atoms. The minimum absolute atomic E-state index is 0.799. The number of aliphatic imine (C=N–C) groups is 1. The van der Waals surface area contributed by atoms with Crippen LogP contribution in [0, 0.1) is 0 Å². The van der Waals surface area contributed by atoms with E-state index in [1.165, 1.54) is 5.56 Å². The summed E-state index contributed by atoms with van der Waals surface area (Å²) in [5, 5.41) is 0.799. The Hall–Kier alpha value is -1.52. The number of amidine groups is 1. The van der Waals surface area contributed by atoms with Crippen LogP contribution in [0.3, 0.4) is 0 Å². The lowest BCUT2D eigenvalue weighted by Gasteiger charge is -2.27. The number of ether oxygens (including phenoxy) is 1. The number of hydrogen-bond acceptors (Lipinski definition) is 3. The predicted molar refractivity (Wildman–Crippen MR) is 108 cm³/mol. The number of aryl methyl sites for hydroxylation is 1. The third-order valence-corrected chi connectivity index (χ3v) is 5.37. The number of hydrogen-bond donors (Lipinski definition) is 0. The Labute approximate surface area is 162 Å². The first kappa shape index (κ1) is 18.3. The summed E-state index contributed by atoms with van der Waals surface area (Å²) >= 11 is 10.1. The van der Waals surface area contributed by atoms with Crippen LogP contribution in [0.5, 0.6) is 5.75 Å². The van der Waals surface area contributed by atoms with E-state index in [0.29, 0.717) is 0 Å². The molecule has 0 aromatic heterocycles. The van der Waals surface area contributed by atoms with Crippen molar-refractivity contribution in [3.63, 3.8) is 0 Å². The van der Waals surface area contributed by atoms with Gasteiger partial charge in [-0.15, -0.1) is 0 Å². The van der Waals surface area contributed by atoms with E-state index in [-0.39, 0.29) is 0 Å². The molecule has 1 aliphatic heterocycles. The number of rotatable bonds is 5. The van der Waals surface area contributed by atoms with E-state index in [1.807, 2.05) is 24.3 Å². The molecule has 0 radical (unpaired) electrons. The van der Waals surface area contributed by atoms with Crippen LogP contribution in [0.2, 0.25) is 5.02 Å². The topological polar surface area (TPSA) is 24.8 Å². The average molecular weight is 422 g/mol. The molecule has 0 amide bonds. The van der Waals surface area contributed by atoms with Gasteiger partial charge in [0.15, 0.2) is 0 Å². The molecule has 5 heteroatoms. The van der Waals surface area contributed by atoms with Crippen LogP contribution < -0.4 is 4.74 Å². The molecule has 25 heavy (non-hydrogen) atoms. The van der Waals surface area contributed by atoms with Crippen molar-refractivity contribution in [3.8, 4) is 5.75 Å². The standard InChI is InChI=1S/C20H22BrClN2O/c1-24-12-4-11-23-20(24)17-5-3-6-18(22)16(17)9-7-14-13-15(21)8-10-19(14)25-2/h3,5-6,8,10,13H,4,7,9,11-12H2,1-2H3. The monoisotopic (exact) mass is 420 g/mol. The van der Waals surface area contributed by atoms with Crippen molar-refractivity contribution in [2.24, 2.45) is 4.99 Å². The predicted octanol–water partition coefficient (Wildman–Crippen LogP) is 4.98. The summed E-state index contributed by atoms with van der Waals surface area (Å²) in [6.07, 6.45) is 2.80. The molecule has 0 fully saturated rings. The largest absolute Gasteiger partial charge is 0.496 e. The van der Waals surface area contributed by atoms with E-state index < -0.39 is 0 Å². The lowest BCUT2D eigenvalue weighted by atomic mass is 9.97. The minimum Gasteiger partial charge on any atom is -0.496 e. The molecular weight excluding hydrogens is 400 g/mol. The van der Waals surface area contributed by atoms with Crippen molar-refractivity contribution in [1.29, 1.82) is 0 Å². The van der Waals surface area contributed by atoms with Crippen LogP contribution in [0.1, 0.15) is 23.1 Å². The Morgan fingerprint density at radius 3 is 2.84 bits per heavy atom. The van der Waals surface area contributed by atoms with Gasteiger partial charge in [-0.2, -0.15) is 0 Å². The maximum Gasteiger partial charge on any atom is 0.130 e. The molecule has 132 valence electrons. The first-order valence-corrected chi connectivity index (χ1v) is 9.63. The van der Waals surface area contributed by atoms with Crippen LogP contribution in [0.4, 0.5) is 0 Å². The zero-order chi connectivity index (χ0) is 17.8. The van der Waals surface area contributed by atoms with Crippen molar-refractivity contribution in [2.45, 2.75) is 19.3 Å². The second-order valence-electron chi connectivity index (χ2n) is 6.20. The highest BCUT2D eigenvalue weighted by atomic mass is 79.9. The molecule has 3 nitrogen and oxygen atoms in total. The fourth-order valence-electron chi connectivity index (χ4n) is 3.23. The molecule has 0 atom stereocenters. The third kappa shape index (κ3) is 4.18. The van der Waals surface area contributed by atoms with Gasteiger partial charge in [-0.25, -0.2) is 0 Å². The smallest absolute Gasteiger partial charge is 0.130 e. The van der Waals surface area contributed by atoms with Crippen molar-refractivity contribution in [1.82, 2.24) is 4.90 Å². The Kier molecular flexibility index (Phi) is 6.02. The lowest BCUT2D eigenvalue weighted by molar-refractivity contribution is 0.409. The van der Waals surface area contributed by atoms with E-state index in [4.69, 9.17) is 21.3 Å². The second kappa shape index (κ2) is 8.24. The van der Waals surface area contributed by atoms with Gasteiger partial charge in [0.2, 0.25) is 0 Å². The Bertz CT molecular complexity index is 791. The molecule has 0 unspecified atom stereocenters. The molecule has 0 saturated carbocycles. The SMILES string of the molecule is COc1ccc(Br)cc1CCc1c(Cl)cccc1C1=NCCCN1C. The molecule has 0 N–H and O–H groups in total. The normalized spacial score (nSPS) is 14.4. The highest BCUT2D eigenvalue weighted by Crippen LogP contribution is 2.28. The first-order valence-electron chi connectivity index (χ1n) is 8.46. The van der Waals surface area contributed by atoms with Gasteiger partial charge in [0.1, 0.15) is 11.6 Å². The van der Waals surface area contributed by atoms with E-state index in [0.717, 1.165) is 64.6 Å². The summed E-state index contributed by atoms with van der Waals surface area (Å²) < 4.78 is 6.55. The van der Waals surface area contributed by atoms with Crippen molar-refractivity contribution >= 4 is 33.4 Å². The number of benzene rings is 2. The van der Waals surface area contributed by atoms with Crippen LogP contribution in [0.15, 0.2) is 45.9 Å². The van der Waals surface area contributed by atoms with Gasteiger partial charge in [-0.05, 0) is 54.7 Å². The molecule has 0 aliphatic carbocycles. The van der Waals surface area contributed by atoms with Gasteiger partial charge in [-0.1, -0.05) is 39.7 Å². The Balaban J connectivity index is 1.91. The van der Waals surface area contributed by atoms with Crippen LogP contribution >= 0.6 is 27.5 Å². The van der Waals surface area contributed by atoms with Crippen molar-refractivity contribution in [3.05, 3.63) is 62.6 Å². The molecule has 1 aliphatic rings. The number of halogens is 2. The maximum atomic E-state index is 6.55. The van der Waals surface area contributed by atoms with E-state index >= 15 is 0 Å². The summed E-state index contributed by atoms with van der Waals surface area (Å²) in [5.74, 6) is 1.95. The zero-order valence-corrected chi connectivity index (χ0v) is 16.9. The minimum atomic E-state index is 0.799. The lowest BCUT2D eigenvalue weighted by Crippen LogP contribution is -2.33. The third-order valence-electron chi connectivity index (χ3n) is 4.52. The number of nitrogens with zero attached hydrogens (tertiary/aromatic N) is 2. The quantitative estimate of drug-likeness (QED) is 0.680. The molecular formula is C20H22BrClN2O. The van der Waals surface area contributed by atoms with E-state index in [1.54, 1.807) is 7.11 Å². The molecule has 0 saturated heterocycles. The summed E-state index contributed by atoms with van der Waals surface area (Å²) in [5.41, 5.74) is 3.46. The summed E-state index contributed by atoms with van der Waals surface area (Å²) in [6.45, 7) is 1.91. The highest BCUT2D eigenvalue weighted by molar-refractivity contribution is 9.10. The van der Waals surface area contributed by atoms with Gasteiger partial charge in [-0.3, -0.25) is 4.99 Å². The molecule has 2 aromatic rings. The molecule has 2 aromatic carbocycles. The molecule has 0 bridgehead atoms. The molecule has 1 heterocycles. The highest BCUT2D eigenvalue weighted by Gasteiger charge is 2.18. The summed E-state index contributed by atoms with van der Waals surface area (Å²) in [4.78, 5) is 6.96. The van der Waals surface area contributed by atoms with Gasteiger partial charge < -0.3 is 9.64 Å².